The van der Waals surface area contributed by atoms with E-state index >= 15 is 0 Å². The van der Waals surface area contributed by atoms with E-state index in [1.807, 2.05) is 0 Å². The molecule has 29 heavy (non-hydrogen) atoms. The van der Waals surface area contributed by atoms with Crippen LogP contribution in [0, 0.1) is 5.41 Å². The molecule has 2 unspecified atom stereocenters. The van der Waals surface area contributed by atoms with Crippen LogP contribution < -0.4 is 10.9 Å². The van der Waals surface area contributed by atoms with Crippen LogP contribution in [0.4, 0.5) is 13.2 Å². The number of ether oxygens (including phenoxy) is 1. The van der Waals surface area contributed by atoms with Crippen molar-refractivity contribution in [3.63, 3.8) is 0 Å². The Kier molecular flexibility index (Phi) is 5.65. The molecule has 1 amide bonds. The summed E-state index contributed by atoms with van der Waals surface area (Å²) < 4.78 is 46.2. The van der Waals surface area contributed by atoms with Crippen LogP contribution in [-0.4, -0.2) is 51.6 Å². The number of aromatic nitrogens is 2. The number of carbonyl (C=O) groups is 2. The van der Waals surface area contributed by atoms with Gasteiger partial charge < -0.3 is 14.2 Å². The molecule has 2 aliphatic heterocycles. The van der Waals surface area contributed by atoms with E-state index in [1.165, 1.54) is 16.4 Å². The molecule has 8 nitrogen and oxygen atoms in total. The molecular formula is C18H26F3N5O3. The first-order chi connectivity index (χ1) is 13.4. The van der Waals surface area contributed by atoms with Gasteiger partial charge in [0.15, 0.2) is 11.4 Å². The first kappa shape index (κ1) is 21.6. The van der Waals surface area contributed by atoms with Gasteiger partial charge in [-0.2, -0.15) is 13.2 Å². The van der Waals surface area contributed by atoms with Crippen molar-refractivity contribution in [3.8, 4) is 0 Å². The molecule has 162 valence electrons. The van der Waals surface area contributed by atoms with Crippen LogP contribution in [0.25, 0.3) is 0 Å². The Bertz CT molecular complexity index is 800. The molecule has 2 atom stereocenters. The molecule has 2 aliphatic rings. The van der Waals surface area contributed by atoms with Crippen LogP contribution >= 0.6 is 0 Å². The summed E-state index contributed by atoms with van der Waals surface area (Å²) >= 11 is 0. The number of nitrogens with zero attached hydrogens (tertiary/aromatic N) is 3. The summed E-state index contributed by atoms with van der Waals surface area (Å²) in [6.45, 7) is 7.79. The molecular weight excluding hydrogens is 391 g/mol. The van der Waals surface area contributed by atoms with E-state index in [-0.39, 0.29) is 49.4 Å². The number of halogens is 3. The predicted molar refractivity (Wildman–Crippen MR) is 96.5 cm³/mol. The number of fused-ring (bicyclic) bond motifs is 1. The number of hydrogen-bond acceptors (Lipinski definition) is 6. The van der Waals surface area contributed by atoms with Crippen molar-refractivity contribution in [2.75, 3.05) is 13.2 Å². The Hall–Kier alpha value is -2.14. The van der Waals surface area contributed by atoms with E-state index < -0.39 is 29.6 Å². The summed E-state index contributed by atoms with van der Waals surface area (Å²) in [6.07, 6.45) is -4.21. The van der Waals surface area contributed by atoms with Crippen molar-refractivity contribution in [1.82, 2.24) is 25.3 Å². The fraction of sp³-hybridized carbons (Fsp3) is 0.722. The molecule has 0 radical (unpaired) electrons. The maximum Gasteiger partial charge on any atom is 0.435 e. The summed E-state index contributed by atoms with van der Waals surface area (Å²) in [5, 5.41) is 0. The van der Waals surface area contributed by atoms with Gasteiger partial charge >= 0.3 is 12.1 Å². The molecule has 11 heteroatoms. The summed E-state index contributed by atoms with van der Waals surface area (Å²) in [5.41, 5.74) is 4.19. The van der Waals surface area contributed by atoms with Crippen molar-refractivity contribution in [3.05, 3.63) is 17.2 Å². The van der Waals surface area contributed by atoms with E-state index in [4.69, 9.17) is 4.74 Å². The Morgan fingerprint density at radius 2 is 1.90 bits per heavy atom. The minimum Gasteiger partial charge on any atom is -0.461 e. The van der Waals surface area contributed by atoms with E-state index in [9.17, 15) is 22.8 Å². The van der Waals surface area contributed by atoms with Gasteiger partial charge in [0, 0.05) is 19.1 Å². The normalized spacial score (nSPS) is 22.5. The van der Waals surface area contributed by atoms with E-state index in [0.717, 1.165) is 0 Å². The van der Waals surface area contributed by atoms with Gasteiger partial charge in [0.25, 0.3) is 0 Å². The fourth-order valence-electron chi connectivity index (χ4n) is 3.63. The topological polar surface area (TPSA) is 88.5 Å². The van der Waals surface area contributed by atoms with Gasteiger partial charge in [-0.15, -0.1) is 0 Å². The third kappa shape index (κ3) is 4.25. The van der Waals surface area contributed by atoms with Gasteiger partial charge in [0.05, 0.1) is 13.2 Å². The lowest BCUT2D eigenvalue weighted by Gasteiger charge is -2.30. The Balaban J connectivity index is 1.81. The number of amides is 1. The van der Waals surface area contributed by atoms with Crippen molar-refractivity contribution < 1.29 is 27.5 Å². The molecule has 1 fully saturated rings. The minimum absolute atomic E-state index is 0.0262. The molecule has 1 aromatic rings. The van der Waals surface area contributed by atoms with Gasteiger partial charge in [0.2, 0.25) is 5.91 Å². The standard InChI is InChI=1S/C18H26F3N5O3/c1-5-29-16(28)13-14(18(19,20)21)22-12-9-25(6-7-26(12)13)15(27)10-8-11(24-23-10)17(2,3)4/h10-11,23-24H,5-9H2,1-4H3. The lowest BCUT2D eigenvalue weighted by atomic mass is 9.84. The average Bonchev–Trinajstić information content (AvgIpc) is 3.25. The van der Waals surface area contributed by atoms with Gasteiger partial charge in [-0.3, -0.25) is 10.2 Å². The van der Waals surface area contributed by atoms with Crippen LogP contribution in [0.1, 0.15) is 56.1 Å². The highest BCUT2D eigenvalue weighted by Gasteiger charge is 2.44. The zero-order chi connectivity index (χ0) is 21.6. The molecule has 3 rings (SSSR count). The zero-order valence-electron chi connectivity index (χ0n) is 16.9. The van der Waals surface area contributed by atoms with Gasteiger partial charge in [-0.1, -0.05) is 20.8 Å². The fourth-order valence-corrected chi connectivity index (χ4v) is 3.63. The van der Waals surface area contributed by atoms with Crippen molar-refractivity contribution in [1.29, 1.82) is 0 Å². The van der Waals surface area contributed by atoms with Crippen LogP contribution in [0.15, 0.2) is 0 Å². The van der Waals surface area contributed by atoms with Crippen LogP contribution in [-0.2, 0) is 28.8 Å². The highest BCUT2D eigenvalue weighted by molar-refractivity contribution is 5.89. The first-order valence-corrected chi connectivity index (χ1v) is 9.57. The van der Waals surface area contributed by atoms with Crippen molar-refractivity contribution >= 4 is 11.9 Å². The number of carbonyl (C=O) groups excluding carboxylic acids is 2. The number of alkyl halides is 3. The molecule has 0 spiro atoms. The number of nitrogens with one attached hydrogen (secondary N) is 2. The first-order valence-electron chi connectivity index (χ1n) is 9.57. The molecule has 0 aliphatic carbocycles. The highest BCUT2D eigenvalue weighted by atomic mass is 19.4. The monoisotopic (exact) mass is 417 g/mol. The molecule has 1 aromatic heterocycles. The lowest BCUT2D eigenvalue weighted by molar-refractivity contribution is -0.141. The van der Waals surface area contributed by atoms with Crippen LogP contribution in [0.5, 0.6) is 0 Å². The van der Waals surface area contributed by atoms with Gasteiger partial charge in [-0.05, 0) is 18.8 Å². The van der Waals surface area contributed by atoms with E-state index in [2.05, 4.69) is 36.6 Å². The second kappa shape index (κ2) is 7.60. The molecule has 1 saturated heterocycles. The molecule has 0 saturated carbocycles. The maximum atomic E-state index is 13.4. The zero-order valence-corrected chi connectivity index (χ0v) is 16.9. The second-order valence-electron chi connectivity index (χ2n) is 8.35. The summed E-state index contributed by atoms with van der Waals surface area (Å²) in [6, 6.07) is -0.372. The van der Waals surface area contributed by atoms with Crippen LogP contribution in [0.2, 0.25) is 0 Å². The van der Waals surface area contributed by atoms with Gasteiger partial charge in [-0.25, -0.2) is 15.2 Å². The smallest absolute Gasteiger partial charge is 0.435 e. The van der Waals surface area contributed by atoms with Crippen molar-refractivity contribution in [2.45, 2.75) is 65.5 Å². The quantitative estimate of drug-likeness (QED) is 0.728. The lowest BCUT2D eigenvalue weighted by Crippen LogP contribution is -2.48. The average molecular weight is 417 g/mol. The Morgan fingerprint density at radius 1 is 1.21 bits per heavy atom. The number of hydrazine groups is 1. The second-order valence-corrected chi connectivity index (χ2v) is 8.35. The third-order valence-electron chi connectivity index (χ3n) is 5.27. The molecule has 3 heterocycles. The largest absolute Gasteiger partial charge is 0.461 e. The number of hydrogen-bond donors (Lipinski definition) is 2. The predicted octanol–water partition coefficient (Wildman–Crippen LogP) is 1.70. The highest BCUT2D eigenvalue weighted by Crippen LogP contribution is 2.34. The molecule has 0 bridgehead atoms. The van der Waals surface area contributed by atoms with Crippen molar-refractivity contribution in [2.24, 2.45) is 5.41 Å². The maximum absolute atomic E-state index is 13.4. The molecule has 0 aromatic carbocycles. The van der Waals surface area contributed by atoms with E-state index in [0.29, 0.717) is 6.42 Å². The summed E-state index contributed by atoms with van der Waals surface area (Å²) in [5.74, 6) is -1.24. The number of imidazole rings is 1. The Morgan fingerprint density at radius 3 is 2.45 bits per heavy atom. The van der Waals surface area contributed by atoms with Gasteiger partial charge in [0.1, 0.15) is 11.9 Å². The minimum atomic E-state index is -4.79. The Labute approximate surface area is 166 Å². The SMILES string of the molecule is CCOC(=O)c1c(C(F)(F)F)nc2n1CCN(C(=O)C1CC(C(C)(C)C)NN1)C2. The molecule has 2 N–H and O–H groups in total. The number of esters is 1. The third-order valence-corrected chi connectivity index (χ3v) is 5.27. The summed E-state index contributed by atoms with van der Waals surface area (Å²) in [7, 11) is 0. The number of rotatable bonds is 3. The summed E-state index contributed by atoms with van der Waals surface area (Å²) in [4.78, 5) is 30.1. The van der Waals surface area contributed by atoms with Crippen LogP contribution in [0.3, 0.4) is 0 Å². The van der Waals surface area contributed by atoms with E-state index in [1.54, 1.807) is 0 Å².